The Bertz CT molecular complexity index is 312. The van der Waals surface area contributed by atoms with Crippen molar-refractivity contribution in [2.24, 2.45) is 0 Å². The largest absolute Gasteiger partial charge is 0.313 e. The quantitative estimate of drug-likeness (QED) is 0.580. The van der Waals surface area contributed by atoms with Gasteiger partial charge in [0.1, 0.15) is 10.0 Å². The molecule has 0 fully saturated rings. The highest BCUT2D eigenvalue weighted by Gasteiger charge is 2.02. The molecule has 4 heteroatoms. The Balaban J connectivity index is 1.92. The van der Waals surface area contributed by atoms with Crippen LogP contribution in [-0.4, -0.2) is 17.2 Å². The van der Waals surface area contributed by atoms with E-state index in [1.54, 1.807) is 11.3 Å². The summed E-state index contributed by atoms with van der Waals surface area (Å²) in [7, 11) is 1.95. The number of aromatic nitrogens is 2. The van der Waals surface area contributed by atoms with Crippen molar-refractivity contribution < 1.29 is 0 Å². The predicted molar refractivity (Wildman–Crippen MR) is 83.6 cm³/mol. The zero-order valence-electron chi connectivity index (χ0n) is 12.6. The van der Waals surface area contributed by atoms with Gasteiger partial charge in [-0.1, -0.05) is 58.3 Å². The SMILES string of the molecule is CCCCCCCCCCCc1nnc(CNC)s1. The Hall–Kier alpha value is -0.480. The number of rotatable bonds is 12. The van der Waals surface area contributed by atoms with Gasteiger partial charge in [-0.15, -0.1) is 21.5 Å². The van der Waals surface area contributed by atoms with E-state index in [9.17, 15) is 0 Å². The van der Waals surface area contributed by atoms with Gasteiger partial charge in [-0.2, -0.15) is 0 Å². The number of hydrogen-bond donors (Lipinski definition) is 1. The molecule has 0 aliphatic carbocycles. The third kappa shape index (κ3) is 8.32. The molecule has 0 unspecified atom stereocenters. The monoisotopic (exact) mass is 283 g/mol. The molecule has 1 aromatic heterocycles. The summed E-state index contributed by atoms with van der Waals surface area (Å²) < 4.78 is 0. The highest BCUT2D eigenvalue weighted by molar-refractivity contribution is 7.11. The summed E-state index contributed by atoms with van der Waals surface area (Å²) in [5.41, 5.74) is 0. The molecule has 3 nitrogen and oxygen atoms in total. The number of nitrogens with one attached hydrogen (secondary N) is 1. The number of unbranched alkanes of at least 4 members (excludes halogenated alkanes) is 8. The van der Waals surface area contributed by atoms with E-state index in [2.05, 4.69) is 22.4 Å². The number of hydrogen-bond acceptors (Lipinski definition) is 4. The summed E-state index contributed by atoms with van der Waals surface area (Å²) in [6.45, 7) is 3.12. The first-order valence-electron chi connectivity index (χ1n) is 7.82. The van der Waals surface area contributed by atoms with Gasteiger partial charge in [0.15, 0.2) is 0 Å². The van der Waals surface area contributed by atoms with Crippen molar-refractivity contribution in [3.8, 4) is 0 Å². The summed E-state index contributed by atoms with van der Waals surface area (Å²) in [6.07, 6.45) is 13.5. The molecule has 0 amide bonds. The number of aryl methyl sites for hydroxylation is 1. The average molecular weight is 283 g/mol. The Morgan fingerprint density at radius 3 is 2.05 bits per heavy atom. The van der Waals surface area contributed by atoms with Gasteiger partial charge in [0.2, 0.25) is 0 Å². The highest BCUT2D eigenvalue weighted by atomic mass is 32.1. The standard InChI is InChI=1S/C15H29N3S/c1-3-4-5-6-7-8-9-10-11-12-14-17-18-15(19-14)13-16-2/h16H,3-13H2,1-2H3. The minimum absolute atomic E-state index is 0.843. The van der Waals surface area contributed by atoms with Crippen molar-refractivity contribution in [3.05, 3.63) is 10.0 Å². The van der Waals surface area contributed by atoms with Gasteiger partial charge in [-0.05, 0) is 13.5 Å². The minimum Gasteiger partial charge on any atom is -0.313 e. The summed E-state index contributed by atoms with van der Waals surface area (Å²) in [6, 6.07) is 0. The Kier molecular flexibility index (Phi) is 9.91. The molecule has 0 aliphatic heterocycles. The van der Waals surface area contributed by atoms with E-state index in [0.29, 0.717) is 0 Å². The van der Waals surface area contributed by atoms with Gasteiger partial charge in [0.25, 0.3) is 0 Å². The molecule has 1 heterocycles. The second-order valence-electron chi connectivity index (χ2n) is 5.20. The van der Waals surface area contributed by atoms with E-state index in [0.717, 1.165) is 18.0 Å². The molecule has 0 aromatic carbocycles. The van der Waals surface area contributed by atoms with Gasteiger partial charge in [0.05, 0.1) is 0 Å². The van der Waals surface area contributed by atoms with E-state index in [-0.39, 0.29) is 0 Å². The Labute approximate surface area is 122 Å². The normalized spacial score (nSPS) is 11.1. The summed E-state index contributed by atoms with van der Waals surface area (Å²) in [5, 5.41) is 13.8. The fourth-order valence-corrected chi connectivity index (χ4v) is 3.10. The van der Waals surface area contributed by atoms with Gasteiger partial charge in [0, 0.05) is 13.0 Å². The lowest BCUT2D eigenvalue weighted by atomic mass is 10.1. The zero-order valence-corrected chi connectivity index (χ0v) is 13.4. The lowest BCUT2D eigenvalue weighted by Crippen LogP contribution is -2.04. The van der Waals surface area contributed by atoms with Gasteiger partial charge < -0.3 is 5.32 Å². The maximum atomic E-state index is 4.23. The van der Waals surface area contributed by atoms with Gasteiger partial charge in [-0.25, -0.2) is 0 Å². The molecule has 0 spiro atoms. The smallest absolute Gasteiger partial charge is 0.131 e. The van der Waals surface area contributed by atoms with Crippen LogP contribution in [0.25, 0.3) is 0 Å². The molecule has 0 saturated heterocycles. The average Bonchev–Trinajstić information content (AvgIpc) is 2.85. The Morgan fingerprint density at radius 1 is 0.842 bits per heavy atom. The first-order chi connectivity index (χ1) is 9.36. The van der Waals surface area contributed by atoms with Crippen molar-refractivity contribution in [2.75, 3.05) is 7.05 Å². The molecule has 1 aromatic rings. The summed E-state index contributed by atoms with van der Waals surface area (Å²) in [4.78, 5) is 0. The molecule has 0 aliphatic rings. The second kappa shape index (κ2) is 11.4. The third-order valence-corrected chi connectivity index (χ3v) is 4.31. The fraction of sp³-hybridized carbons (Fsp3) is 0.867. The van der Waals surface area contributed by atoms with Crippen LogP contribution in [0.2, 0.25) is 0 Å². The third-order valence-electron chi connectivity index (χ3n) is 3.33. The van der Waals surface area contributed by atoms with Crippen molar-refractivity contribution in [2.45, 2.75) is 77.7 Å². The van der Waals surface area contributed by atoms with Crippen LogP contribution < -0.4 is 5.32 Å². The predicted octanol–water partition coefficient (Wildman–Crippen LogP) is 4.33. The molecule has 0 radical (unpaired) electrons. The molecule has 0 saturated carbocycles. The molecule has 110 valence electrons. The van der Waals surface area contributed by atoms with Crippen LogP contribution in [0, 0.1) is 0 Å². The van der Waals surface area contributed by atoms with Crippen LogP contribution in [0.5, 0.6) is 0 Å². The minimum atomic E-state index is 0.843. The molecular weight excluding hydrogens is 254 g/mol. The molecule has 19 heavy (non-hydrogen) atoms. The molecular formula is C15H29N3S. The summed E-state index contributed by atoms with van der Waals surface area (Å²) >= 11 is 1.75. The molecule has 0 bridgehead atoms. The lowest BCUT2D eigenvalue weighted by molar-refractivity contribution is 0.564. The van der Waals surface area contributed by atoms with Crippen LogP contribution in [0.1, 0.15) is 74.7 Å². The van der Waals surface area contributed by atoms with E-state index < -0.39 is 0 Å². The maximum absolute atomic E-state index is 4.23. The Morgan fingerprint density at radius 2 is 1.42 bits per heavy atom. The van der Waals surface area contributed by atoms with Crippen LogP contribution in [0.15, 0.2) is 0 Å². The van der Waals surface area contributed by atoms with E-state index in [1.165, 1.54) is 62.8 Å². The number of nitrogens with zero attached hydrogens (tertiary/aromatic N) is 2. The molecule has 0 atom stereocenters. The van der Waals surface area contributed by atoms with Crippen LogP contribution in [-0.2, 0) is 13.0 Å². The lowest BCUT2D eigenvalue weighted by Gasteiger charge is -2.00. The van der Waals surface area contributed by atoms with Crippen LogP contribution >= 0.6 is 11.3 Å². The first-order valence-corrected chi connectivity index (χ1v) is 8.64. The van der Waals surface area contributed by atoms with Crippen LogP contribution in [0.3, 0.4) is 0 Å². The van der Waals surface area contributed by atoms with Crippen LogP contribution in [0.4, 0.5) is 0 Å². The molecule has 1 N–H and O–H groups in total. The second-order valence-corrected chi connectivity index (χ2v) is 6.34. The zero-order chi connectivity index (χ0) is 13.8. The van der Waals surface area contributed by atoms with E-state index in [1.807, 2.05) is 7.05 Å². The van der Waals surface area contributed by atoms with E-state index >= 15 is 0 Å². The molecule has 1 rings (SSSR count). The van der Waals surface area contributed by atoms with Crippen molar-refractivity contribution in [3.63, 3.8) is 0 Å². The summed E-state index contributed by atoms with van der Waals surface area (Å²) in [5.74, 6) is 0. The van der Waals surface area contributed by atoms with Gasteiger partial charge in [-0.3, -0.25) is 0 Å². The van der Waals surface area contributed by atoms with E-state index in [4.69, 9.17) is 0 Å². The highest BCUT2D eigenvalue weighted by Crippen LogP contribution is 2.14. The van der Waals surface area contributed by atoms with Crippen molar-refractivity contribution in [1.82, 2.24) is 15.5 Å². The maximum Gasteiger partial charge on any atom is 0.131 e. The topological polar surface area (TPSA) is 37.8 Å². The fourth-order valence-electron chi connectivity index (χ4n) is 2.20. The first kappa shape index (κ1) is 16.6. The van der Waals surface area contributed by atoms with Crippen molar-refractivity contribution in [1.29, 1.82) is 0 Å². The van der Waals surface area contributed by atoms with Crippen molar-refractivity contribution >= 4 is 11.3 Å². The van der Waals surface area contributed by atoms with Gasteiger partial charge >= 0.3 is 0 Å².